The van der Waals surface area contributed by atoms with Crippen molar-refractivity contribution in [3.63, 3.8) is 0 Å². The van der Waals surface area contributed by atoms with E-state index in [1.54, 1.807) is 12.1 Å². The monoisotopic (exact) mass is 300 g/mol. The van der Waals surface area contributed by atoms with E-state index in [0.717, 1.165) is 11.3 Å². The second-order valence-corrected chi connectivity index (χ2v) is 6.36. The zero-order chi connectivity index (χ0) is 13.9. The average molecular weight is 300 g/mol. The Bertz CT molecular complexity index is 669. The highest BCUT2D eigenvalue weighted by atomic mass is 32.2. The molecule has 7 nitrogen and oxygen atoms in total. The minimum atomic E-state index is -3.70. The molecule has 0 aliphatic heterocycles. The van der Waals surface area contributed by atoms with Crippen molar-refractivity contribution < 1.29 is 13.2 Å². The van der Waals surface area contributed by atoms with Crippen molar-refractivity contribution in [2.24, 2.45) is 0 Å². The van der Waals surface area contributed by atoms with E-state index in [2.05, 4.69) is 14.9 Å². The maximum absolute atomic E-state index is 12.1. The van der Waals surface area contributed by atoms with E-state index in [1.807, 2.05) is 0 Å². The molecule has 2 aromatic rings. The predicted octanol–water partition coefficient (Wildman–Crippen LogP) is 1.07. The summed E-state index contributed by atoms with van der Waals surface area (Å²) in [7, 11) is -2.17. The fourth-order valence-corrected chi connectivity index (χ4v) is 3.33. The minimum absolute atomic E-state index is 0.0796. The highest BCUT2D eigenvalue weighted by molar-refractivity contribution is 7.93. The summed E-state index contributed by atoms with van der Waals surface area (Å²) in [6.07, 6.45) is 0. The van der Waals surface area contributed by atoms with Crippen molar-refractivity contribution in [2.45, 2.75) is 11.5 Å². The van der Waals surface area contributed by atoms with Crippen LogP contribution in [0.5, 0.6) is 0 Å². The van der Waals surface area contributed by atoms with E-state index < -0.39 is 10.0 Å². The quantitative estimate of drug-likeness (QED) is 0.800. The highest BCUT2D eigenvalue weighted by Crippen LogP contribution is 2.21. The van der Waals surface area contributed by atoms with Gasteiger partial charge in [-0.1, -0.05) is 17.4 Å². The van der Waals surface area contributed by atoms with Crippen LogP contribution < -0.4 is 10.5 Å². The number of aromatic nitrogens is 2. The number of ether oxygens (including phenoxy) is 1. The molecule has 1 aromatic heterocycles. The number of rotatable bonds is 5. The van der Waals surface area contributed by atoms with Gasteiger partial charge in [0.1, 0.15) is 11.6 Å². The lowest BCUT2D eigenvalue weighted by molar-refractivity contribution is 0.184. The van der Waals surface area contributed by atoms with E-state index in [0.29, 0.717) is 10.7 Å². The van der Waals surface area contributed by atoms with Gasteiger partial charge in [-0.3, -0.25) is 4.72 Å². The fraction of sp³-hybridized carbons (Fsp3) is 0.200. The van der Waals surface area contributed by atoms with Crippen molar-refractivity contribution in [3.8, 4) is 0 Å². The van der Waals surface area contributed by atoms with Gasteiger partial charge < -0.3 is 10.5 Å². The van der Waals surface area contributed by atoms with Crippen LogP contribution >= 0.6 is 11.3 Å². The van der Waals surface area contributed by atoms with Crippen LogP contribution in [0.4, 0.5) is 10.8 Å². The first-order valence-corrected chi connectivity index (χ1v) is 7.51. The SMILES string of the molecule is COCc1nnc(NS(=O)(=O)c2cccc(N)c2)s1. The number of nitrogens with two attached hydrogens (primary N) is 1. The number of nitrogen functional groups attached to an aromatic ring is 1. The molecule has 0 aliphatic rings. The lowest BCUT2D eigenvalue weighted by Gasteiger charge is -2.04. The summed E-state index contributed by atoms with van der Waals surface area (Å²) in [5.74, 6) is 0. The van der Waals surface area contributed by atoms with Crippen LogP contribution in [0.3, 0.4) is 0 Å². The molecule has 0 saturated heterocycles. The topological polar surface area (TPSA) is 107 Å². The Morgan fingerprint density at radius 2 is 2.21 bits per heavy atom. The molecule has 0 aliphatic carbocycles. The van der Waals surface area contributed by atoms with Crippen LogP contribution in [-0.4, -0.2) is 25.7 Å². The first kappa shape index (κ1) is 13.7. The number of hydrogen-bond acceptors (Lipinski definition) is 7. The molecule has 0 amide bonds. The minimum Gasteiger partial charge on any atom is -0.399 e. The van der Waals surface area contributed by atoms with Crippen molar-refractivity contribution in [2.75, 3.05) is 17.6 Å². The number of sulfonamides is 1. The maximum Gasteiger partial charge on any atom is 0.263 e. The normalized spacial score (nSPS) is 11.4. The zero-order valence-corrected chi connectivity index (χ0v) is 11.7. The van der Waals surface area contributed by atoms with E-state index in [-0.39, 0.29) is 16.6 Å². The third kappa shape index (κ3) is 3.40. The first-order chi connectivity index (χ1) is 9.01. The van der Waals surface area contributed by atoms with Gasteiger partial charge in [-0.25, -0.2) is 8.42 Å². The first-order valence-electron chi connectivity index (χ1n) is 5.21. The molecule has 9 heteroatoms. The second-order valence-electron chi connectivity index (χ2n) is 3.61. The Morgan fingerprint density at radius 1 is 1.42 bits per heavy atom. The molecule has 1 aromatic carbocycles. The number of anilines is 2. The van der Waals surface area contributed by atoms with Gasteiger partial charge in [0.2, 0.25) is 5.13 Å². The van der Waals surface area contributed by atoms with Crippen LogP contribution in [-0.2, 0) is 21.4 Å². The Labute approximate surface area is 114 Å². The number of nitrogens with one attached hydrogen (secondary N) is 1. The number of nitrogens with zero attached hydrogens (tertiary/aromatic N) is 2. The summed E-state index contributed by atoms with van der Waals surface area (Å²) >= 11 is 1.11. The molecule has 0 saturated carbocycles. The van der Waals surface area contributed by atoms with Gasteiger partial charge >= 0.3 is 0 Å². The lowest BCUT2D eigenvalue weighted by atomic mass is 10.3. The summed E-state index contributed by atoms with van der Waals surface area (Å²) in [4.78, 5) is 0.0796. The van der Waals surface area contributed by atoms with Gasteiger partial charge in [0.05, 0.1) is 4.90 Å². The van der Waals surface area contributed by atoms with E-state index in [4.69, 9.17) is 10.5 Å². The second kappa shape index (κ2) is 5.51. The number of methoxy groups -OCH3 is 1. The molecule has 0 fully saturated rings. The third-order valence-electron chi connectivity index (χ3n) is 2.12. The summed E-state index contributed by atoms with van der Waals surface area (Å²) in [5.41, 5.74) is 5.93. The smallest absolute Gasteiger partial charge is 0.263 e. The largest absolute Gasteiger partial charge is 0.399 e. The van der Waals surface area contributed by atoms with Gasteiger partial charge in [0.15, 0.2) is 0 Å². The number of benzene rings is 1. The van der Waals surface area contributed by atoms with Gasteiger partial charge in [-0.05, 0) is 18.2 Å². The molecule has 0 radical (unpaired) electrons. The Kier molecular flexibility index (Phi) is 3.98. The van der Waals surface area contributed by atoms with Gasteiger partial charge in [-0.2, -0.15) is 0 Å². The van der Waals surface area contributed by atoms with Crippen LogP contribution in [0.25, 0.3) is 0 Å². The molecule has 19 heavy (non-hydrogen) atoms. The van der Waals surface area contributed by atoms with E-state index >= 15 is 0 Å². The molecule has 0 unspecified atom stereocenters. The Hall–Kier alpha value is -1.71. The molecule has 0 bridgehead atoms. The summed E-state index contributed by atoms with van der Waals surface area (Å²) < 4.78 is 31.4. The van der Waals surface area contributed by atoms with Gasteiger partial charge in [-0.15, -0.1) is 10.2 Å². The standard InChI is InChI=1S/C10H12N4O3S2/c1-17-6-9-12-13-10(18-9)14-19(15,16)8-4-2-3-7(11)5-8/h2-5H,6,11H2,1H3,(H,13,14). The van der Waals surface area contributed by atoms with Gasteiger partial charge in [0.25, 0.3) is 10.0 Å². The van der Waals surface area contributed by atoms with E-state index in [9.17, 15) is 8.42 Å². The molecular formula is C10H12N4O3S2. The summed E-state index contributed by atoms with van der Waals surface area (Å²) in [6, 6.07) is 6.01. The maximum atomic E-state index is 12.1. The van der Waals surface area contributed by atoms with Crippen LogP contribution in [0.1, 0.15) is 5.01 Å². The van der Waals surface area contributed by atoms with E-state index in [1.165, 1.54) is 19.2 Å². The van der Waals surface area contributed by atoms with Crippen molar-refractivity contribution in [1.29, 1.82) is 0 Å². The zero-order valence-electron chi connectivity index (χ0n) is 10.0. The summed E-state index contributed by atoms with van der Waals surface area (Å²) in [6.45, 7) is 0.289. The molecular weight excluding hydrogens is 288 g/mol. The predicted molar refractivity (Wildman–Crippen MR) is 72.3 cm³/mol. The summed E-state index contributed by atoms with van der Waals surface area (Å²) in [5, 5.41) is 8.31. The molecule has 0 atom stereocenters. The van der Waals surface area contributed by atoms with Crippen LogP contribution in [0, 0.1) is 0 Å². The van der Waals surface area contributed by atoms with Crippen molar-refractivity contribution in [1.82, 2.24) is 10.2 Å². The number of hydrogen-bond donors (Lipinski definition) is 2. The molecule has 2 rings (SSSR count). The van der Waals surface area contributed by atoms with Crippen LogP contribution in [0.15, 0.2) is 29.2 Å². The fourth-order valence-electron chi connectivity index (χ4n) is 1.33. The molecule has 0 spiro atoms. The lowest BCUT2D eigenvalue weighted by Crippen LogP contribution is -2.13. The van der Waals surface area contributed by atoms with Crippen LogP contribution in [0.2, 0.25) is 0 Å². The molecule has 3 N–H and O–H groups in total. The average Bonchev–Trinajstić information content (AvgIpc) is 2.76. The Balaban J connectivity index is 2.21. The van der Waals surface area contributed by atoms with Crippen molar-refractivity contribution >= 4 is 32.2 Å². The third-order valence-corrected chi connectivity index (χ3v) is 4.40. The Morgan fingerprint density at radius 3 is 2.89 bits per heavy atom. The molecule has 1 heterocycles. The van der Waals surface area contributed by atoms with Crippen molar-refractivity contribution in [3.05, 3.63) is 29.3 Å². The van der Waals surface area contributed by atoms with Gasteiger partial charge in [0, 0.05) is 12.8 Å². The highest BCUT2D eigenvalue weighted by Gasteiger charge is 2.16. The molecule has 102 valence electrons.